The average molecular weight is 286 g/mol. The Hall–Kier alpha value is -1.41. The number of hydrogen-bond acceptors (Lipinski definition) is 3. The van der Waals surface area contributed by atoms with Crippen LogP contribution in [-0.2, 0) is 9.62 Å². The fraction of sp³-hybridized carbons (Fsp3) is 0.455. The molecule has 1 aromatic carbocycles. The molecule has 0 aliphatic rings. The summed E-state index contributed by atoms with van der Waals surface area (Å²) in [6.07, 6.45) is 0. The molecule has 0 atom stereocenters. The van der Waals surface area contributed by atoms with Crippen molar-refractivity contribution in [3.63, 3.8) is 0 Å². The summed E-state index contributed by atoms with van der Waals surface area (Å²) in [5.74, 6) is -12.3. The lowest BCUT2D eigenvalue weighted by Gasteiger charge is -2.18. The van der Waals surface area contributed by atoms with Crippen LogP contribution >= 0.6 is 0 Å². The van der Waals surface area contributed by atoms with Gasteiger partial charge in [0.25, 0.3) is 0 Å². The van der Waals surface area contributed by atoms with E-state index >= 15 is 0 Å². The highest BCUT2D eigenvalue weighted by molar-refractivity contribution is 5.29. The van der Waals surface area contributed by atoms with Crippen LogP contribution in [0.1, 0.15) is 20.8 Å². The topological polar surface area (TPSA) is 27.7 Å². The minimum atomic E-state index is -2.27. The van der Waals surface area contributed by atoms with Gasteiger partial charge in [-0.05, 0) is 20.8 Å². The third-order valence-corrected chi connectivity index (χ3v) is 1.85. The lowest BCUT2D eigenvalue weighted by atomic mass is 10.2. The van der Waals surface area contributed by atoms with Crippen LogP contribution in [0, 0.1) is 29.1 Å². The highest BCUT2D eigenvalue weighted by Crippen LogP contribution is 2.29. The Labute approximate surface area is 105 Å². The molecule has 1 aromatic rings. The lowest BCUT2D eigenvalue weighted by Crippen LogP contribution is -2.22. The smallest absolute Gasteiger partial charge is 0.242 e. The molecule has 8 heteroatoms. The summed E-state index contributed by atoms with van der Waals surface area (Å²) < 4.78 is 69.4. The van der Waals surface area contributed by atoms with E-state index in [1.165, 1.54) is 0 Å². The lowest BCUT2D eigenvalue weighted by molar-refractivity contribution is -0.286. The van der Waals surface area contributed by atoms with Crippen LogP contribution in [0.15, 0.2) is 0 Å². The molecule has 3 nitrogen and oxygen atoms in total. The summed E-state index contributed by atoms with van der Waals surface area (Å²) in [4.78, 5) is 8.31. The number of hydrogen-bond donors (Lipinski definition) is 0. The SMILES string of the molecule is CC(C)(C)OCOOc1c(F)c(F)c(F)c(F)c1F. The van der Waals surface area contributed by atoms with E-state index in [-0.39, 0.29) is 0 Å². The van der Waals surface area contributed by atoms with Crippen LogP contribution in [0.25, 0.3) is 0 Å². The average Bonchev–Trinajstić information content (AvgIpc) is 2.32. The Morgan fingerprint density at radius 2 is 1.21 bits per heavy atom. The van der Waals surface area contributed by atoms with Crippen molar-refractivity contribution in [1.82, 2.24) is 0 Å². The summed E-state index contributed by atoms with van der Waals surface area (Å²) >= 11 is 0. The van der Waals surface area contributed by atoms with Gasteiger partial charge in [0.2, 0.25) is 34.8 Å². The molecule has 0 unspecified atom stereocenters. The standard InChI is InChI=1S/C11H11F5O3/c1-11(2,3)17-4-18-19-10-8(15)6(13)5(12)7(14)9(10)16/h4H2,1-3H3. The summed E-state index contributed by atoms with van der Waals surface area (Å²) in [5, 5.41) is 0. The van der Waals surface area contributed by atoms with Gasteiger partial charge < -0.3 is 9.62 Å². The molecule has 0 spiro atoms. The second-order valence-corrected chi connectivity index (χ2v) is 4.47. The first-order chi connectivity index (χ1) is 8.65. The second-order valence-electron chi connectivity index (χ2n) is 4.47. The Morgan fingerprint density at radius 1 is 0.789 bits per heavy atom. The van der Waals surface area contributed by atoms with Gasteiger partial charge in [-0.3, -0.25) is 0 Å². The molecule has 0 bridgehead atoms. The normalized spacial score (nSPS) is 11.8. The molecule has 0 saturated carbocycles. The van der Waals surface area contributed by atoms with Crippen molar-refractivity contribution >= 4 is 0 Å². The Balaban J connectivity index is 2.80. The van der Waals surface area contributed by atoms with Crippen molar-refractivity contribution in [2.75, 3.05) is 6.79 Å². The molecule has 0 N–H and O–H groups in total. The predicted octanol–water partition coefficient (Wildman–Crippen LogP) is 3.47. The first kappa shape index (κ1) is 15.6. The van der Waals surface area contributed by atoms with E-state index in [1.807, 2.05) is 0 Å². The zero-order valence-electron chi connectivity index (χ0n) is 10.3. The van der Waals surface area contributed by atoms with E-state index in [0.29, 0.717) is 0 Å². The molecule has 0 aliphatic heterocycles. The zero-order chi connectivity index (χ0) is 14.8. The molecule has 0 fully saturated rings. The molecule has 1 rings (SSSR count). The summed E-state index contributed by atoms with van der Waals surface area (Å²) in [5.41, 5.74) is -0.625. The van der Waals surface area contributed by atoms with Gasteiger partial charge >= 0.3 is 0 Å². The van der Waals surface area contributed by atoms with Gasteiger partial charge in [0.1, 0.15) is 0 Å². The van der Waals surface area contributed by atoms with Crippen LogP contribution in [-0.4, -0.2) is 12.4 Å². The van der Waals surface area contributed by atoms with Crippen molar-refractivity contribution < 1.29 is 36.5 Å². The van der Waals surface area contributed by atoms with Gasteiger partial charge in [-0.1, -0.05) is 0 Å². The van der Waals surface area contributed by atoms with Crippen LogP contribution in [0.5, 0.6) is 5.75 Å². The highest BCUT2D eigenvalue weighted by atomic mass is 19.2. The van der Waals surface area contributed by atoms with Gasteiger partial charge in [0.15, 0.2) is 6.79 Å². The Bertz CT molecular complexity index is 441. The van der Waals surface area contributed by atoms with Crippen LogP contribution in [0.4, 0.5) is 22.0 Å². The first-order valence-corrected chi connectivity index (χ1v) is 5.10. The van der Waals surface area contributed by atoms with Crippen molar-refractivity contribution in [3.05, 3.63) is 29.1 Å². The molecule has 108 valence electrons. The van der Waals surface area contributed by atoms with Gasteiger partial charge in [0, 0.05) is 0 Å². The third-order valence-electron chi connectivity index (χ3n) is 1.85. The first-order valence-electron chi connectivity index (χ1n) is 5.10. The van der Waals surface area contributed by atoms with Crippen LogP contribution in [0.2, 0.25) is 0 Å². The number of ether oxygens (including phenoxy) is 1. The maximum atomic E-state index is 13.1. The third kappa shape index (κ3) is 3.77. The minimum Gasteiger partial charge on any atom is -0.346 e. The fourth-order valence-electron chi connectivity index (χ4n) is 0.942. The maximum Gasteiger partial charge on any atom is 0.242 e. The van der Waals surface area contributed by atoms with E-state index < -0.39 is 47.2 Å². The summed E-state index contributed by atoms with van der Waals surface area (Å²) in [6.45, 7) is 4.43. The van der Waals surface area contributed by atoms with Crippen LogP contribution in [0.3, 0.4) is 0 Å². The van der Waals surface area contributed by atoms with Gasteiger partial charge in [-0.15, -0.1) is 0 Å². The summed E-state index contributed by atoms with van der Waals surface area (Å²) in [7, 11) is 0. The molecular weight excluding hydrogens is 275 g/mol. The van der Waals surface area contributed by atoms with E-state index in [1.54, 1.807) is 20.8 Å². The fourth-order valence-corrected chi connectivity index (χ4v) is 0.942. The molecule has 0 aliphatic carbocycles. The Kier molecular flexibility index (Phi) is 4.70. The Morgan fingerprint density at radius 3 is 1.63 bits per heavy atom. The summed E-state index contributed by atoms with van der Waals surface area (Å²) in [6, 6.07) is 0. The molecule has 0 amide bonds. The van der Waals surface area contributed by atoms with Crippen molar-refractivity contribution in [3.8, 4) is 5.75 Å². The highest BCUT2D eigenvalue weighted by Gasteiger charge is 2.28. The molecule has 0 heterocycles. The van der Waals surface area contributed by atoms with Gasteiger partial charge in [0.05, 0.1) is 5.60 Å². The van der Waals surface area contributed by atoms with Crippen LogP contribution < -0.4 is 4.89 Å². The monoisotopic (exact) mass is 286 g/mol. The van der Waals surface area contributed by atoms with Crippen molar-refractivity contribution in [2.24, 2.45) is 0 Å². The second kappa shape index (κ2) is 5.70. The predicted molar refractivity (Wildman–Crippen MR) is 53.7 cm³/mol. The van der Waals surface area contributed by atoms with E-state index in [2.05, 4.69) is 9.78 Å². The molecule has 0 radical (unpaired) electrons. The van der Waals surface area contributed by atoms with Gasteiger partial charge in [-0.25, -0.2) is 13.2 Å². The quantitative estimate of drug-likeness (QED) is 0.161. The minimum absolute atomic E-state index is 0.553. The number of benzene rings is 1. The van der Waals surface area contributed by atoms with Crippen molar-refractivity contribution in [2.45, 2.75) is 26.4 Å². The van der Waals surface area contributed by atoms with Crippen molar-refractivity contribution in [1.29, 1.82) is 0 Å². The van der Waals surface area contributed by atoms with E-state index in [9.17, 15) is 22.0 Å². The molecule has 19 heavy (non-hydrogen) atoms. The maximum absolute atomic E-state index is 13.1. The van der Waals surface area contributed by atoms with E-state index in [0.717, 1.165) is 0 Å². The molecular formula is C11H11F5O3. The zero-order valence-corrected chi connectivity index (χ0v) is 10.3. The number of rotatable bonds is 4. The number of halogens is 5. The van der Waals surface area contributed by atoms with E-state index in [4.69, 9.17) is 4.74 Å². The molecule has 0 aromatic heterocycles. The largest absolute Gasteiger partial charge is 0.346 e. The molecule has 0 saturated heterocycles. The van der Waals surface area contributed by atoms with Gasteiger partial charge in [-0.2, -0.15) is 13.7 Å².